The molecule has 0 aliphatic rings. The van der Waals surface area contributed by atoms with Crippen molar-refractivity contribution < 1.29 is 0 Å². The molecule has 2 heterocycles. The number of aromatic nitrogens is 2. The summed E-state index contributed by atoms with van der Waals surface area (Å²) in [6.07, 6.45) is 0.977. The molecule has 0 bridgehead atoms. The fraction of sp³-hybridized carbons (Fsp3) is 0.417. The molecule has 0 saturated carbocycles. The summed E-state index contributed by atoms with van der Waals surface area (Å²) in [6, 6.07) is 4.70. The van der Waals surface area contributed by atoms with Crippen LogP contribution in [-0.2, 0) is 13.5 Å². The first-order chi connectivity index (χ1) is 7.70. The van der Waals surface area contributed by atoms with Gasteiger partial charge in [0, 0.05) is 25.2 Å². The molecule has 0 spiro atoms. The molecule has 1 N–H and O–H groups in total. The Balaban J connectivity index is 2.16. The van der Waals surface area contributed by atoms with Crippen molar-refractivity contribution in [3.05, 3.63) is 39.8 Å². The summed E-state index contributed by atoms with van der Waals surface area (Å²) in [5, 5.41) is 12.0. The Morgan fingerprint density at radius 1 is 1.56 bits per heavy atom. The van der Waals surface area contributed by atoms with Gasteiger partial charge in [0.1, 0.15) is 0 Å². The quantitative estimate of drug-likeness (QED) is 0.881. The number of nitrogens with zero attached hydrogens (tertiary/aromatic N) is 2. The molecule has 0 aliphatic carbocycles. The van der Waals surface area contributed by atoms with E-state index in [-0.39, 0.29) is 0 Å². The minimum atomic E-state index is 0.376. The van der Waals surface area contributed by atoms with Crippen molar-refractivity contribution in [2.24, 2.45) is 7.05 Å². The van der Waals surface area contributed by atoms with Crippen molar-refractivity contribution in [3.8, 4) is 0 Å². The van der Waals surface area contributed by atoms with Crippen LogP contribution in [0.2, 0.25) is 0 Å². The molecule has 2 rings (SSSR count). The van der Waals surface area contributed by atoms with E-state index in [0.717, 1.165) is 12.1 Å². The highest BCUT2D eigenvalue weighted by Gasteiger charge is 2.13. The second kappa shape index (κ2) is 4.80. The molecule has 0 amide bonds. The normalized spacial score (nSPS) is 12.9. The summed E-state index contributed by atoms with van der Waals surface area (Å²) in [5.74, 6) is 0. The third-order valence-corrected chi connectivity index (χ3v) is 3.51. The highest BCUT2D eigenvalue weighted by Crippen LogP contribution is 2.20. The van der Waals surface area contributed by atoms with Gasteiger partial charge in [0.2, 0.25) is 0 Å². The summed E-state index contributed by atoms with van der Waals surface area (Å²) < 4.78 is 1.96. The van der Waals surface area contributed by atoms with Crippen molar-refractivity contribution in [3.63, 3.8) is 0 Å². The molecule has 1 atom stereocenters. The first kappa shape index (κ1) is 11.4. The largest absolute Gasteiger partial charge is 0.313 e. The second-order valence-corrected chi connectivity index (χ2v) is 4.78. The van der Waals surface area contributed by atoms with Crippen LogP contribution in [0, 0.1) is 6.92 Å². The first-order valence-electron chi connectivity index (χ1n) is 5.39. The summed E-state index contributed by atoms with van der Waals surface area (Å²) in [5.41, 5.74) is 3.70. The van der Waals surface area contributed by atoms with Gasteiger partial charge in [0.15, 0.2) is 0 Å². The van der Waals surface area contributed by atoms with Crippen LogP contribution in [0.25, 0.3) is 0 Å². The molecule has 0 saturated heterocycles. The first-order valence-corrected chi connectivity index (χ1v) is 6.34. The van der Waals surface area contributed by atoms with Crippen molar-refractivity contribution in [1.29, 1.82) is 0 Å². The van der Waals surface area contributed by atoms with Crippen LogP contribution in [0.5, 0.6) is 0 Å². The average molecular weight is 235 g/mol. The van der Waals surface area contributed by atoms with E-state index in [9.17, 15) is 0 Å². The standard InChI is InChI=1S/C12H17N3S/c1-9-6-11(15(3)14-9)7-12(13-2)10-4-5-16-8-10/h4-6,8,12-13H,7H2,1-3H3. The number of nitrogens with one attached hydrogen (secondary N) is 1. The van der Waals surface area contributed by atoms with E-state index in [2.05, 4.69) is 33.3 Å². The molecule has 0 aromatic carbocycles. The van der Waals surface area contributed by atoms with Crippen molar-refractivity contribution in [2.45, 2.75) is 19.4 Å². The van der Waals surface area contributed by atoms with Crippen LogP contribution in [0.15, 0.2) is 22.9 Å². The maximum absolute atomic E-state index is 4.37. The highest BCUT2D eigenvalue weighted by atomic mass is 32.1. The van der Waals surface area contributed by atoms with Crippen molar-refractivity contribution >= 4 is 11.3 Å². The molecule has 3 nitrogen and oxygen atoms in total. The van der Waals surface area contributed by atoms with Gasteiger partial charge in [-0.2, -0.15) is 16.4 Å². The minimum Gasteiger partial charge on any atom is -0.313 e. The van der Waals surface area contributed by atoms with Crippen molar-refractivity contribution in [1.82, 2.24) is 15.1 Å². The summed E-state index contributed by atoms with van der Waals surface area (Å²) >= 11 is 1.74. The Bertz CT molecular complexity index is 445. The average Bonchev–Trinajstić information content (AvgIpc) is 2.85. The summed E-state index contributed by atoms with van der Waals surface area (Å²) in [7, 11) is 4.01. The Morgan fingerprint density at radius 3 is 2.88 bits per heavy atom. The molecule has 0 aliphatic heterocycles. The molecule has 86 valence electrons. The van der Waals surface area contributed by atoms with Crippen LogP contribution in [-0.4, -0.2) is 16.8 Å². The molecule has 0 fully saturated rings. The van der Waals surface area contributed by atoms with Crippen molar-refractivity contribution in [2.75, 3.05) is 7.05 Å². The van der Waals surface area contributed by atoms with Crippen LogP contribution in [0.3, 0.4) is 0 Å². The van der Waals surface area contributed by atoms with E-state index < -0.39 is 0 Å². The van der Waals surface area contributed by atoms with Gasteiger partial charge in [0.25, 0.3) is 0 Å². The topological polar surface area (TPSA) is 29.9 Å². The SMILES string of the molecule is CNC(Cc1cc(C)nn1C)c1ccsc1. The Morgan fingerprint density at radius 2 is 2.38 bits per heavy atom. The number of hydrogen-bond donors (Lipinski definition) is 1. The Labute approximate surface area is 100 Å². The Hall–Kier alpha value is -1.13. The van der Waals surface area contributed by atoms with E-state index in [0.29, 0.717) is 6.04 Å². The van der Waals surface area contributed by atoms with E-state index in [1.807, 2.05) is 25.7 Å². The number of aryl methyl sites for hydroxylation is 2. The molecular formula is C12H17N3S. The lowest BCUT2D eigenvalue weighted by molar-refractivity contribution is 0.563. The highest BCUT2D eigenvalue weighted by molar-refractivity contribution is 7.07. The molecular weight excluding hydrogens is 218 g/mol. The lowest BCUT2D eigenvalue weighted by atomic mass is 10.1. The monoisotopic (exact) mass is 235 g/mol. The minimum absolute atomic E-state index is 0.376. The van der Waals surface area contributed by atoms with Gasteiger partial charge in [0.05, 0.1) is 5.69 Å². The predicted molar refractivity (Wildman–Crippen MR) is 67.8 cm³/mol. The number of rotatable bonds is 4. The van der Waals surface area contributed by atoms with Gasteiger partial charge in [-0.05, 0) is 42.4 Å². The number of thiophene rings is 1. The van der Waals surface area contributed by atoms with Gasteiger partial charge in [-0.15, -0.1) is 0 Å². The molecule has 2 aromatic rings. The fourth-order valence-corrected chi connectivity index (χ4v) is 2.64. The van der Waals surface area contributed by atoms with Crippen LogP contribution in [0.4, 0.5) is 0 Å². The third-order valence-electron chi connectivity index (χ3n) is 2.81. The fourth-order valence-electron chi connectivity index (χ4n) is 1.92. The van der Waals surface area contributed by atoms with Gasteiger partial charge >= 0.3 is 0 Å². The molecule has 1 unspecified atom stereocenters. The van der Waals surface area contributed by atoms with Gasteiger partial charge in [-0.3, -0.25) is 4.68 Å². The van der Waals surface area contributed by atoms with Crippen LogP contribution in [0.1, 0.15) is 23.0 Å². The molecule has 2 aromatic heterocycles. The number of hydrogen-bond acceptors (Lipinski definition) is 3. The van der Waals surface area contributed by atoms with Gasteiger partial charge < -0.3 is 5.32 Å². The zero-order chi connectivity index (χ0) is 11.5. The van der Waals surface area contributed by atoms with Crippen LogP contribution >= 0.6 is 11.3 Å². The predicted octanol–water partition coefficient (Wildman–Crippen LogP) is 2.29. The lowest BCUT2D eigenvalue weighted by Gasteiger charge is -2.14. The van der Waals surface area contributed by atoms with E-state index in [4.69, 9.17) is 0 Å². The third kappa shape index (κ3) is 2.33. The molecule has 4 heteroatoms. The maximum atomic E-state index is 4.37. The lowest BCUT2D eigenvalue weighted by Crippen LogP contribution is -2.19. The smallest absolute Gasteiger partial charge is 0.0596 e. The van der Waals surface area contributed by atoms with E-state index in [1.165, 1.54) is 11.3 Å². The van der Waals surface area contributed by atoms with E-state index >= 15 is 0 Å². The second-order valence-electron chi connectivity index (χ2n) is 4.00. The van der Waals surface area contributed by atoms with Gasteiger partial charge in [-0.1, -0.05) is 0 Å². The number of likely N-dealkylation sites (N-methyl/N-ethyl adjacent to an activating group) is 1. The maximum Gasteiger partial charge on any atom is 0.0596 e. The van der Waals surface area contributed by atoms with E-state index in [1.54, 1.807) is 11.3 Å². The Kier molecular flexibility index (Phi) is 3.41. The summed E-state index contributed by atoms with van der Waals surface area (Å²) in [6.45, 7) is 2.03. The summed E-state index contributed by atoms with van der Waals surface area (Å²) in [4.78, 5) is 0. The zero-order valence-electron chi connectivity index (χ0n) is 9.90. The zero-order valence-corrected chi connectivity index (χ0v) is 10.7. The molecule has 16 heavy (non-hydrogen) atoms. The van der Waals surface area contributed by atoms with Gasteiger partial charge in [-0.25, -0.2) is 0 Å². The van der Waals surface area contributed by atoms with Crippen LogP contribution < -0.4 is 5.32 Å². The molecule has 0 radical (unpaired) electrons.